The van der Waals surface area contributed by atoms with E-state index in [4.69, 9.17) is 13.9 Å². The standard InChI is InChI=1S/C24H19FN2O4/c1-29-20-12-11-17(13-21(20)30-2)27-23(28)18-5-3-4-6-19(18)24-26-14-22(31-24)15-7-9-16(25)10-8-15/h3-14H,1-2H3,(H,27,28). The molecule has 6 nitrogen and oxygen atoms in total. The maximum absolute atomic E-state index is 13.2. The third-order valence-corrected chi connectivity index (χ3v) is 4.68. The van der Waals surface area contributed by atoms with Crippen LogP contribution in [0.4, 0.5) is 10.1 Å². The van der Waals surface area contributed by atoms with Crippen LogP contribution >= 0.6 is 0 Å². The molecule has 0 saturated carbocycles. The van der Waals surface area contributed by atoms with Gasteiger partial charge in [-0.15, -0.1) is 0 Å². The number of nitrogens with zero attached hydrogens (tertiary/aromatic N) is 1. The van der Waals surface area contributed by atoms with Gasteiger partial charge in [0.15, 0.2) is 17.3 Å². The third kappa shape index (κ3) is 4.25. The van der Waals surface area contributed by atoms with E-state index in [-0.39, 0.29) is 17.6 Å². The van der Waals surface area contributed by atoms with Crippen LogP contribution in [0, 0.1) is 5.82 Å². The van der Waals surface area contributed by atoms with Gasteiger partial charge in [0.05, 0.1) is 26.0 Å². The number of hydrogen-bond donors (Lipinski definition) is 1. The fourth-order valence-electron chi connectivity index (χ4n) is 3.13. The van der Waals surface area contributed by atoms with Crippen molar-refractivity contribution in [3.8, 4) is 34.3 Å². The molecular weight excluding hydrogens is 399 g/mol. The molecule has 0 aliphatic carbocycles. The van der Waals surface area contributed by atoms with Gasteiger partial charge in [0.2, 0.25) is 5.89 Å². The van der Waals surface area contributed by atoms with E-state index >= 15 is 0 Å². The summed E-state index contributed by atoms with van der Waals surface area (Å²) in [6.45, 7) is 0. The normalized spacial score (nSPS) is 10.5. The van der Waals surface area contributed by atoms with Gasteiger partial charge in [0.25, 0.3) is 5.91 Å². The van der Waals surface area contributed by atoms with E-state index in [0.29, 0.717) is 39.6 Å². The molecule has 1 heterocycles. The quantitative estimate of drug-likeness (QED) is 0.453. The summed E-state index contributed by atoms with van der Waals surface area (Å²) >= 11 is 0. The Labute approximate surface area is 178 Å². The molecule has 7 heteroatoms. The number of carbonyl (C=O) groups is 1. The lowest BCUT2D eigenvalue weighted by atomic mass is 10.1. The number of methoxy groups -OCH3 is 2. The fraction of sp³-hybridized carbons (Fsp3) is 0.0833. The Bertz CT molecular complexity index is 1220. The van der Waals surface area contributed by atoms with E-state index in [1.165, 1.54) is 19.2 Å². The first kappa shape index (κ1) is 20.2. The van der Waals surface area contributed by atoms with Crippen molar-refractivity contribution in [1.82, 2.24) is 4.98 Å². The van der Waals surface area contributed by atoms with E-state index in [9.17, 15) is 9.18 Å². The van der Waals surface area contributed by atoms with Crippen LogP contribution in [-0.2, 0) is 0 Å². The highest BCUT2D eigenvalue weighted by Gasteiger charge is 2.18. The van der Waals surface area contributed by atoms with Gasteiger partial charge < -0.3 is 19.2 Å². The third-order valence-electron chi connectivity index (χ3n) is 4.68. The minimum atomic E-state index is -0.333. The highest BCUT2D eigenvalue weighted by atomic mass is 19.1. The number of rotatable bonds is 6. The van der Waals surface area contributed by atoms with Crippen molar-refractivity contribution in [1.29, 1.82) is 0 Å². The van der Waals surface area contributed by atoms with Crippen LogP contribution in [0.15, 0.2) is 77.3 Å². The van der Waals surface area contributed by atoms with Crippen LogP contribution < -0.4 is 14.8 Å². The highest BCUT2D eigenvalue weighted by molar-refractivity contribution is 6.08. The summed E-state index contributed by atoms with van der Waals surface area (Å²) in [7, 11) is 3.07. The predicted molar refractivity (Wildman–Crippen MR) is 115 cm³/mol. The van der Waals surface area contributed by atoms with Crippen molar-refractivity contribution >= 4 is 11.6 Å². The van der Waals surface area contributed by atoms with Gasteiger partial charge >= 0.3 is 0 Å². The SMILES string of the molecule is COc1ccc(NC(=O)c2ccccc2-c2ncc(-c3ccc(F)cc3)o2)cc1OC. The Morgan fingerprint density at radius 2 is 1.71 bits per heavy atom. The van der Waals surface area contributed by atoms with Gasteiger partial charge in [-0.25, -0.2) is 9.37 Å². The lowest BCUT2D eigenvalue weighted by molar-refractivity contribution is 0.102. The summed E-state index contributed by atoms with van der Waals surface area (Å²) in [4.78, 5) is 17.3. The van der Waals surface area contributed by atoms with Crippen LogP contribution in [0.2, 0.25) is 0 Å². The summed E-state index contributed by atoms with van der Waals surface area (Å²) in [5.74, 6) is 1.17. The average Bonchev–Trinajstić information content (AvgIpc) is 3.29. The van der Waals surface area contributed by atoms with Gasteiger partial charge in [-0.3, -0.25) is 4.79 Å². The number of nitrogens with one attached hydrogen (secondary N) is 1. The first-order valence-corrected chi connectivity index (χ1v) is 9.43. The molecule has 0 fully saturated rings. The van der Waals surface area contributed by atoms with Crippen molar-refractivity contribution in [3.63, 3.8) is 0 Å². The molecule has 4 rings (SSSR count). The molecule has 1 aromatic heterocycles. The molecule has 0 radical (unpaired) electrons. The van der Waals surface area contributed by atoms with Crippen LogP contribution in [-0.4, -0.2) is 25.1 Å². The Hall–Kier alpha value is -4.13. The molecule has 1 N–H and O–H groups in total. The second-order valence-corrected chi connectivity index (χ2v) is 6.61. The summed E-state index contributed by atoms with van der Waals surface area (Å²) in [6.07, 6.45) is 1.55. The molecule has 0 bridgehead atoms. The van der Waals surface area contributed by atoms with Crippen LogP contribution in [0.25, 0.3) is 22.8 Å². The molecular formula is C24H19FN2O4. The Morgan fingerprint density at radius 1 is 0.968 bits per heavy atom. The van der Waals surface area contributed by atoms with E-state index in [2.05, 4.69) is 10.3 Å². The molecule has 3 aromatic carbocycles. The van der Waals surface area contributed by atoms with Crippen molar-refractivity contribution < 1.29 is 23.1 Å². The van der Waals surface area contributed by atoms with Crippen LogP contribution in [0.3, 0.4) is 0 Å². The number of benzene rings is 3. The van der Waals surface area contributed by atoms with Crippen molar-refractivity contribution in [3.05, 3.63) is 84.3 Å². The first-order valence-electron chi connectivity index (χ1n) is 9.43. The lowest BCUT2D eigenvalue weighted by Crippen LogP contribution is -2.13. The second-order valence-electron chi connectivity index (χ2n) is 6.61. The molecule has 0 unspecified atom stereocenters. The van der Waals surface area contributed by atoms with Gasteiger partial charge in [0, 0.05) is 22.9 Å². The number of hydrogen-bond acceptors (Lipinski definition) is 5. The zero-order valence-corrected chi connectivity index (χ0v) is 16.9. The molecule has 4 aromatic rings. The number of amides is 1. The molecule has 1 amide bonds. The molecule has 0 spiro atoms. The Balaban J connectivity index is 1.62. The molecule has 0 atom stereocenters. The Kier molecular flexibility index (Phi) is 5.66. The number of ether oxygens (including phenoxy) is 2. The summed E-state index contributed by atoms with van der Waals surface area (Å²) < 4.78 is 29.5. The number of anilines is 1. The first-order chi connectivity index (χ1) is 15.1. The van der Waals surface area contributed by atoms with E-state index < -0.39 is 0 Å². The largest absolute Gasteiger partial charge is 0.493 e. The lowest BCUT2D eigenvalue weighted by Gasteiger charge is -2.11. The minimum Gasteiger partial charge on any atom is -0.493 e. The van der Waals surface area contributed by atoms with Crippen molar-refractivity contribution in [2.75, 3.05) is 19.5 Å². The number of carbonyl (C=O) groups excluding carboxylic acids is 1. The molecule has 31 heavy (non-hydrogen) atoms. The summed E-state index contributed by atoms with van der Waals surface area (Å²) in [5, 5.41) is 2.85. The Morgan fingerprint density at radius 3 is 2.45 bits per heavy atom. The second kappa shape index (κ2) is 8.71. The molecule has 0 aliphatic heterocycles. The van der Waals surface area contributed by atoms with E-state index in [1.54, 1.807) is 67.9 Å². The highest BCUT2D eigenvalue weighted by Crippen LogP contribution is 2.31. The number of oxazole rings is 1. The number of halogens is 1. The number of aromatic nitrogens is 1. The minimum absolute atomic E-state index is 0.289. The van der Waals surface area contributed by atoms with Gasteiger partial charge in [0.1, 0.15) is 5.82 Å². The topological polar surface area (TPSA) is 73.6 Å². The molecule has 156 valence electrons. The smallest absolute Gasteiger partial charge is 0.256 e. The monoisotopic (exact) mass is 418 g/mol. The van der Waals surface area contributed by atoms with Gasteiger partial charge in [-0.1, -0.05) is 12.1 Å². The zero-order chi connectivity index (χ0) is 21.8. The summed E-state index contributed by atoms with van der Waals surface area (Å²) in [5.41, 5.74) is 2.17. The maximum Gasteiger partial charge on any atom is 0.256 e. The van der Waals surface area contributed by atoms with E-state index in [0.717, 1.165) is 0 Å². The van der Waals surface area contributed by atoms with Crippen molar-refractivity contribution in [2.45, 2.75) is 0 Å². The molecule has 0 aliphatic rings. The average molecular weight is 418 g/mol. The van der Waals surface area contributed by atoms with E-state index in [1.807, 2.05) is 0 Å². The fourth-order valence-corrected chi connectivity index (χ4v) is 3.13. The zero-order valence-electron chi connectivity index (χ0n) is 16.9. The maximum atomic E-state index is 13.2. The molecule has 0 saturated heterocycles. The van der Waals surface area contributed by atoms with Crippen molar-refractivity contribution in [2.24, 2.45) is 0 Å². The van der Waals surface area contributed by atoms with Gasteiger partial charge in [-0.05, 0) is 48.5 Å². The van der Waals surface area contributed by atoms with Gasteiger partial charge in [-0.2, -0.15) is 0 Å². The summed E-state index contributed by atoms with van der Waals surface area (Å²) in [6, 6.07) is 18.0. The van der Waals surface area contributed by atoms with Crippen LogP contribution in [0.1, 0.15) is 10.4 Å². The predicted octanol–water partition coefficient (Wildman–Crippen LogP) is 5.42. The van der Waals surface area contributed by atoms with Crippen LogP contribution in [0.5, 0.6) is 11.5 Å².